The van der Waals surface area contributed by atoms with Crippen LogP contribution in [0.2, 0.25) is 0 Å². The highest BCUT2D eigenvalue weighted by molar-refractivity contribution is 5.47. The summed E-state index contributed by atoms with van der Waals surface area (Å²) in [6.45, 7) is 6.17. The van der Waals surface area contributed by atoms with Crippen LogP contribution in [0.15, 0.2) is 6.33 Å². The molecule has 1 aromatic rings. The van der Waals surface area contributed by atoms with E-state index in [-0.39, 0.29) is 18.3 Å². The molecule has 2 rings (SSSR count). The van der Waals surface area contributed by atoms with Gasteiger partial charge in [-0.1, -0.05) is 6.92 Å². The highest BCUT2D eigenvalue weighted by Crippen LogP contribution is 2.27. The molecule has 3 N–H and O–H groups in total. The van der Waals surface area contributed by atoms with Crippen molar-refractivity contribution in [2.45, 2.75) is 58.3 Å². The lowest BCUT2D eigenvalue weighted by atomic mass is 10.0. The summed E-state index contributed by atoms with van der Waals surface area (Å²) in [5.41, 5.74) is 3.50. The zero-order valence-electron chi connectivity index (χ0n) is 11.7. The molecule has 0 spiro atoms. The molecule has 2 atom stereocenters. The van der Waals surface area contributed by atoms with Crippen LogP contribution in [0.1, 0.15) is 39.2 Å². The fourth-order valence-corrected chi connectivity index (χ4v) is 2.54. The number of nitrogens with two attached hydrogens (primary N) is 1. The minimum atomic E-state index is 0.129. The Labute approximate surface area is 113 Å². The highest BCUT2D eigenvalue weighted by atomic mass is 16.5. The van der Waals surface area contributed by atoms with E-state index in [0.717, 1.165) is 24.8 Å². The quantitative estimate of drug-likeness (QED) is 0.637. The second-order valence-corrected chi connectivity index (χ2v) is 4.97. The van der Waals surface area contributed by atoms with Gasteiger partial charge in [0.25, 0.3) is 0 Å². The molecule has 1 saturated heterocycles. The van der Waals surface area contributed by atoms with Crippen molar-refractivity contribution >= 4 is 5.82 Å². The van der Waals surface area contributed by atoms with Gasteiger partial charge in [-0.05, 0) is 20.3 Å². The number of nitrogens with one attached hydrogen (secondary N) is 1. The summed E-state index contributed by atoms with van der Waals surface area (Å²) in [6, 6.07) is 0. The van der Waals surface area contributed by atoms with E-state index < -0.39 is 0 Å². The molecule has 2 unspecified atom stereocenters. The third-order valence-corrected chi connectivity index (χ3v) is 3.33. The lowest BCUT2D eigenvalue weighted by Gasteiger charge is -2.32. The molecular formula is C13H22N4O2. The standard InChI is InChI=1S/C13H22N4O2/c1-4-11-12(17-14)15-7-16-13(11)19-10-5-8(2)18-9(3)6-10/h7-10H,4-6,14H2,1-3H3,(H,15,16,17). The molecule has 0 bridgehead atoms. The Kier molecular flexibility index (Phi) is 4.55. The number of nitrogen functional groups attached to an aromatic ring is 1. The normalized spacial score (nSPS) is 27.1. The van der Waals surface area contributed by atoms with Crippen molar-refractivity contribution in [1.29, 1.82) is 0 Å². The maximum absolute atomic E-state index is 6.03. The largest absolute Gasteiger partial charge is 0.474 e. The van der Waals surface area contributed by atoms with Crippen molar-refractivity contribution in [2.24, 2.45) is 5.84 Å². The number of nitrogens with zero attached hydrogens (tertiary/aromatic N) is 2. The molecule has 106 valence electrons. The minimum absolute atomic E-state index is 0.129. The summed E-state index contributed by atoms with van der Waals surface area (Å²) in [5, 5.41) is 0. The zero-order valence-corrected chi connectivity index (χ0v) is 11.7. The molecule has 0 saturated carbocycles. The van der Waals surface area contributed by atoms with E-state index in [0.29, 0.717) is 11.7 Å². The first-order valence-electron chi connectivity index (χ1n) is 6.76. The number of ether oxygens (including phenoxy) is 2. The number of aromatic nitrogens is 2. The van der Waals surface area contributed by atoms with Crippen LogP contribution in [0, 0.1) is 0 Å². The molecule has 1 aliphatic rings. The molecule has 6 nitrogen and oxygen atoms in total. The molecule has 0 amide bonds. The van der Waals surface area contributed by atoms with Crippen molar-refractivity contribution in [3.63, 3.8) is 0 Å². The Morgan fingerprint density at radius 2 is 2.05 bits per heavy atom. The monoisotopic (exact) mass is 266 g/mol. The van der Waals surface area contributed by atoms with Crippen LogP contribution in [0.4, 0.5) is 5.82 Å². The minimum Gasteiger partial charge on any atom is -0.474 e. The summed E-state index contributed by atoms with van der Waals surface area (Å²) in [6.07, 6.45) is 4.55. The summed E-state index contributed by atoms with van der Waals surface area (Å²) in [7, 11) is 0. The predicted molar refractivity (Wildman–Crippen MR) is 72.9 cm³/mol. The molecule has 19 heavy (non-hydrogen) atoms. The maximum atomic E-state index is 6.03. The summed E-state index contributed by atoms with van der Waals surface area (Å²) in [5.74, 6) is 6.70. The summed E-state index contributed by atoms with van der Waals surface area (Å²) >= 11 is 0. The Morgan fingerprint density at radius 1 is 1.37 bits per heavy atom. The average Bonchev–Trinajstić information content (AvgIpc) is 2.37. The predicted octanol–water partition coefficient (Wildman–Crippen LogP) is 1.66. The molecule has 6 heteroatoms. The number of hydrazine groups is 1. The van der Waals surface area contributed by atoms with Crippen molar-refractivity contribution in [1.82, 2.24) is 9.97 Å². The van der Waals surface area contributed by atoms with Gasteiger partial charge in [-0.25, -0.2) is 15.8 Å². The van der Waals surface area contributed by atoms with Crippen molar-refractivity contribution in [2.75, 3.05) is 5.43 Å². The topological polar surface area (TPSA) is 82.3 Å². The Hall–Kier alpha value is -1.40. The molecule has 1 fully saturated rings. The van der Waals surface area contributed by atoms with Gasteiger partial charge in [0.05, 0.1) is 17.8 Å². The van der Waals surface area contributed by atoms with Crippen molar-refractivity contribution < 1.29 is 9.47 Å². The lowest BCUT2D eigenvalue weighted by molar-refractivity contribution is -0.0731. The van der Waals surface area contributed by atoms with Gasteiger partial charge in [0.15, 0.2) is 0 Å². The van der Waals surface area contributed by atoms with Crippen LogP contribution in [0.3, 0.4) is 0 Å². The SMILES string of the molecule is CCc1c(NN)ncnc1OC1CC(C)OC(C)C1. The molecular weight excluding hydrogens is 244 g/mol. The van der Waals surface area contributed by atoms with Crippen molar-refractivity contribution in [3.05, 3.63) is 11.9 Å². The first-order valence-corrected chi connectivity index (χ1v) is 6.76. The van der Waals surface area contributed by atoms with Gasteiger partial charge >= 0.3 is 0 Å². The zero-order chi connectivity index (χ0) is 13.8. The number of hydrogen-bond donors (Lipinski definition) is 2. The smallest absolute Gasteiger partial charge is 0.222 e. The maximum Gasteiger partial charge on any atom is 0.222 e. The molecule has 1 aromatic heterocycles. The van der Waals surface area contributed by atoms with E-state index >= 15 is 0 Å². The number of hydrogen-bond acceptors (Lipinski definition) is 6. The van der Waals surface area contributed by atoms with E-state index in [4.69, 9.17) is 15.3 Å². The fraction of sp³-hybridized carbons (Fsp3) is 0.692. The van der Waals surface area contributed by atoms with Gasteiger partial charge < -0.3 is 14.9 Å². The van der Waals surface area contributed by atoms with E-state index in [1.54, 1.807) is 0 Å². The van der Waals surface area contributed by atoms with Gasteiger partial charge in [-0.2, -0.15) is 0 Å². The molecule has 0 aliphatic carbocycles. The van der Waals surface area contributed by atoms with Crippen molar-refractivity contribution in [3.8, 4) is 5.88 Å². The average molecular weight is 266 g/mol. The van der Waals surface area contributed by atoms with Crippen LogP contribution in [-0.2, 0) is 11.2 Å². The third kappa shape index (κ3) is 3.33. The summed E-state index contributed by atoms with van der Waals surface area (Å²) in [4.78, 5) is 8.33. The van der Waals surface area contributed by atoms with E-state index in [9.17, 15) is 0 Å². The summed E-state index contributed by atoms with van der Waals surface area (Å²) < 4.78 is 11.7. The Morgan fingerprint density at radius 3 is 2.63 bits per heavy atom. The number of anilines is 1. The van der Waals surface area contributed by atoms with Gasteiger partial charge in [-0.3, -0.25) is 0 Å². The van der Waals surface area contributed by atoms with Gasteiger partial charge in [0, 0.05) is 12.8 Å². The first kappa shape index (κ1) is 14.0. The molecule has 0 radical (unpaired) electrons. The van der Waals surface area contributed by atoms with Crippen LogP contribution < -0.4 is 16.0 Å². The van der Waals surface area contributed by atoms with Crippen LogP contribution in [0.5, 0.6) is 5.88 Å². The van der Waals surface area contributed by atoms with Gasteiger partial charge in [-0.15, -0.1) is 0 Å². The molecule has 2 heterocycles. The van der Waals surface area contributed by atoms with Crippen LogP contribution in [-0.4, -0.2) is 28.3 Å². The third-order valence-electron chi connectivity index (χ3n) is 3.33. The van der Waals surface area contributed by atoms with E-state index in [2.05, 4.69) is 29.2 Å². The molecule has 1 aliphatic heterocycles. The van der Waals surface area contributed by atoms with E-state index in [1.807, 2.05) is 6.92 Å². The van der Waals surface area contributed by atoms with Crippen LogP contribution in [0.25, 0.3) is 0 Å². The van der Waals surface area contributed by atoms with Gasteiger partial charge in [0.1, 0.15) is 18.2 Å². The lowest BCUT2D eigenvalue weighted by Crippen LogP contribution is -2.36. The fourth-order valence-electron chi connectivity index (χ4n) is 2.54. The second kappa shape index (κ2) is 6.16. The Balaban J connectivity index is 2.14. The van der Waals surface area contributed by atoms with E-state index in [1.165, 1.54) is 6.33 Å². The first-order chi connectivity index (χ1) is 9.13. The Bertz CT molecular complexity index is 417. The second-order valence-electron chi connectivity index (χ2n) is 4.97. The highest BCUT2D eigenvalue weighted by Gasteiger charge is 2.27. The number of rotatable bonds is 4. The molecule has 0 aromatic carbocycles. The van der Waals surface area contributed by atoms with Gasteiger partial charge in [0.2, 0.25) is 5.88 Å². The van der Waals surface area contributed by atoms with Crippen LogP contribution >= 0.6 is 0 Å².